The highest BCUT2D eigenvalue weighted by Gasteiger charge is 2.08. The Kier molecular flexibility index (Phi) is 6.20. The number of rotatable bonds is 6. The van der Waals surface area contributed by atoms with E-state index in [2.05, 4.69) is 26.5 Å². The Morgan fingerprint density at radius 3 is 2.62 bits per heavy atom. The topological polar surface area (TPSA) is 80.2 Å². The molecule has 0 atom stereocenters. The highest BCUT2D eigenvalue weighted by atomic mass is 79.9. The molecule has 2 aromatic rings. The van der Waals surface area contributed by atoms with Crippen molar-refractivity contribution in [2.24, 2.45) is 5.10 Å². The fourth-order valence-electron chi connectivity index (χ4n) is 1.90. The average molecular weight is 393 g/mol. The second-order valence-electron chi connectivity index (χ2n) is 4.70. The minimum absolute atomic E-state index is 0.00914. The summed E-state index contributed by atoms with van der Waals surface area (Å²) in [5, 5.41) is 13.8. The molecule has 126 valence electrons. The molecule has 0 heterocycles. The summed E-state index contributed by atoms with van der Waals surface area (Å²) in [6, 6.07) is 9.96. The lowest BCUT2D eigenvalue weighted by Gasteiger charge is -2.06. The predicted octanol–water partition coefficient (Wildman–Crippen LogP) is 3.33. The van der Waals surface area contributed by atoms with Gasteiger partial charge in [0.1, 0.15) is 17.2 Å². The van der Waals surface area contributed by atoms with Gasteiger partial charge in [0, 0.05) is 11.1 Å². The molecule has 0 aliphatic heterocycles. The van der Waals surface area contributed by atoms with E-state index in [1.165, 1.54) is 13.3 Å². The number of amides is 1. The lowest BCUT2D eigenvalue weighted by molar-refractivity contribution is 0.0955. The van der Waals surface area contributed by atoms with Crippen molar-refractivity contribution in [3.63, 3.8) is 0 Å². The van der Waals surface area contributed by atoms with Crippen molar-refractivity contribution in [1.82, 2.24) is 5.43 Å². The summed E-state index contributed by atoms with van der Waals surface area (Å²) >= 11 is 3.22. The van der Waals surface area contributed by atoms with Crippen LogP contribution in [0.25, 0.3) is 0 Å². The Bertz CT molecular complexity index is 745. The van der Waals surface area contributed by atoms with Crippen molar-refractivity contribution < 1.29 is 19.4 Å². The molecule has 2 N–H and O–H groups in total. The molecule has 0 spiro atoms. The Hall–Kier alpha value is -2.54. The Labute approximate surface area is 148 Å². The van der Waals surface area contributed by atoms with E-state index >= 15 is 0 Å². The summed E-state index contributed by atoms with van der Waals surface area (Å²) in [5.74, 6) is 0.897. The number of nitrogens with zero attached hydrogens (tertiary/aromatic N) is 1. The lowest BCUT2D eigenvalue weighted by atomic mass is 10.2. The molecule has 0 aliphatic rings. The molecular weight excluding hydrogens is 376 g/mol. The summed E-state index contributed by atoms with van der Waals surface area (Å²) in [5.41, 5.74) is 3.27. The van der Waals surface area contributed by atoms with Gasteiger partial charge in [-0.05, 0) is 59.3 Å². The number of hydrazone groups is 1. The highest BCUT2D eigenvalue weighted by molar-refractivity contribution is 9.10. The van der Waals surface area contributed by atoms with Crippen LogP contribution in [-0.2, 0) is 0 Å². The molecule has 0 radical (unpaired) electrons. The molecule has 2 aromatic carbocycles. The van der Waals surface area contributed by atoms with Crippen molar-refractivity contribution in [3.05, 3.63) is 52.0 Å². The van der Waals surface area contributed by atoms with Crippen LogP contribution < -0.4 is 14.9 Å². The molecule has 24 heavy (non-hydrogen) atoms. The number of halogens is 1. The Morgan fingerprint density at radius 1 is 1.29 bits per heavy atom. The van der Waals surface area contributed by atoms with Crippen LogP contribution in [0.5, 0.6) is 17.2 Å². The second-order valence-corrected chi connectivity index (χ2v) is 5.56. The predicted molar refractivity (Wildman–Crippen MR) is 95.0 cm³/mol. The molecule has 0 saturated heterocycles. The third-order valence-electron chi connectivity index (χ3n) is 3.10. The highest BCUT2D eigenvalue weighted by Crippen LogP contribution is 2.31. The number of aromatic hydroxyl groups is 1. The fourth-order valence-corrected chi connectivity index (χ4v) is 2.36. The minimum Gasteiger partial charge on any atom is -0.506 e. The largest absolute Gasteiger partial charge is 0.506 e. The Morgan fingerprint density at radius 2 is 2.00 bits per heavy atom. The van der Waals surface area contributed by atoms with Crippen LogP contribution in [0.2, 0.25) is 0 Å². The number of carbonyl (C=O) groups excluding carboxylic acids is 1. The summed E-state index contributed by atoms with van der Waals surface area (Å²) in [4.78, 5) is 12.0. The van der Waals surface area contributed by atoms with Crippen molar-refractivity contribution in [1.29, 1.82) is 0 Å². The number of phenols is 1. The quantitative estimate of drug-likeness (QED) is 0.583. The molecule has 6 nitrogen and oxygen atoms in total. The van der Waals surface area contributed by atoms with E-state index in [-0.39, 0.29) is 11.7 Å². The van der Waals surface area contributed by atoms with Gasteiger partial charge in [0.15, 0.2) is 0 Å². The molecule has 0 fully saturated rings. The van der Waals surface area contributed by atoms with Gasteiger partial charge in [-0.3, -0.25) is 4.79 Å². The number of hydrogen-bond acceptors (Lipinski definition) is 5. The smallest absolute Gasteiger partial charge is 0.271 e. The van der Waals surface area contributed by atoms with Crippen molar-refractivity contribution in [3.8, 4) is 17.2 Å². The van der Waals surface area contributed by atoms with Gasteiger partial charge in [-0.1, -0.05) is 0 Å². The van der Waals surface area contributed by atoms with Gasteiger partial charge in [-0.15, -0.1) is 0 Å². The van der Waals surface area contributed by atoms with Crippen molar-refractivity contribution in [2.45, 2.75) is 6.92 Å². The van der Waals surface area contributed by atoms with Gasteiger partial charge in [-0.2, -0.15) is 5.10 Å². The maximum absolute atomic E-state index is 12.0. The SMILES string of the molecule is CCOc1ccc(C(=O)N/N=C\c2cc(OC)cc(Br)c2O)cc1. The lowest BCUT2D eigenvalue weighted by Crippen LogP contribution is -2.17. The minimum atomic E-state index is -0.365. The first-order chi connectivity index (χ1) is 11.5. The van der Waals surface area contributed by atoms with Crippen LogP contribution in [-0.4, -0.2) is 30.9 Å². The van der Waals surface area contributed by atoms with E-state index in [1.54, 1.807) is 36.4 Å². The van der Waals surface area contributed by atoms with Crippen LogP contribution in [0.1, 0.15) is 22.8 Å². The van der Waals surface area contributed by atoms with Gasteiger partial charge in [0.2, 0.25) is 0 Å². The number of hydrogen-bond donors (Lipinski definition) is 2. The van der Waals surface area contributed by atoms with Crippen molar-refractivity contribution >= 4 is 28.1 Å². The van der Waals surface area contributed by atoms with E-state index in [4.69, 9.17) is 9.47 Å². The number of methoxy groups -OCH3 is 1. The van der Waals surface area contributed by atoms with Crippen LogP contribution in [0.3, 0.4) is 0 Å². The van der Waals surface area contributed by atoms with Gasteiger partial charge in [-0.25, -0.2) is 5.43 Å². The first-order valence-corrected chi connectivity index (χ1v) is 7.97. The maximum Gasteiger partial charge on any atom is 0.271 e. The number of phenolic OH excluding ortho intramolecular Hbond substituents is 1. The van der Waals surface area contributed by atoms with E-state index < -0.39 is 0 Å². The Balaban J connectivity index is 2.05. The van der Waals surface area contributed by atoms with Gasteiger partial charge >= 0.3 is 0 Å². The standard InChI is InChI=1S/C17H17BrN2O4/c1-3-24-13-6-4-11(5-7-13)17(22)20-19-10-12-8-14(23-2)9-15(18)16(12)21/h4-10,21H,3H2,1-2H3,(H,20,22)/b19-10-. The van der Waals surface area contributed by atoms with Crippen LogP contribution >= 0.6 is 15.9 Å². The van der Waals surface area contributed by atoms with Gasteiger partial charge < -0.3 is 14.6 Å². The number of ether oxygens (including phenoxy) is 2. The van der Waals surface area contributed by atoms with E-state index in [0.717, 1.165) is 0 Å². The van der Waals surface area contributed by atoms with Crippen molar-refractivity contribution in [2.75, 3.05) is 13.7 Å². The van der Waals surface area contributed by atoms with Gasteiger partial charge in [0.25, 0.3) is 5.91 Å². The van der Waals surface area contributed by atoms with Crippen LogP contribution in [0.15, 0.2) is 46.0 Å². The molecular formula is C17H17BrN2O4. The normalized spacial score (nSPS) is 10.6. The first kappa shape index (κ1) is 17.8. The molecule has 0 aromatic heterocycles. The van der Waals surface area contributed by atoms with Crippen LogP contribution in [0, 0.1) is 0 Å². The van der Waals surface area contributed by atoms with Gasteiger partial charge in [0.05, 0.1) is 24.4 Å². The molecule has 0 aliphatic carbocycles. The monoisotopic (exact) mass is 392 g/mol. The number of carbonyl (C=O) groups is 1. The third kappa shape index (κ3) is 4.48. The maximum atomic E-state index is 12.0. The van der Waals surface area contributed by atoms with E-state index in [1.807, 2.05) is 6.92 Å². The van der Waals surface area contributed by atoms with Crippen LogP contribution in [0.4, 0.5) is 0 Å². The molecule has 0 bridgehead atoms. The molecule has 1 amide bonds. The van der Waals surface area contributed by atoms with E-state index in [9.17, 15) is 9.90 Å². The zero-order valence-corrected chi connectivity index (χ0v) is 14.8. The zero-order chi connectivity index (χ0) is 17.5. The summed E-state index contributed by atoms with van der Waals surface area (Å²) in [7, 11) is 1.52. The summed E-state index contributed by atoms with van der Waals surface area (Å²) < 4.78 is 10.9. The molecule has 7 heteroatoms. The molecule has 2 rings (SSSR count). The average Bonchev–Trinajstić information content (AvgIpc) is 2.59. The molecule has 0 saturated carbocycles. The van der Waals surface area contributed by atoms with E-state index in [0.29, 0.717) is 33.7 Å². The second kappa shape index (κ2) is 8.35. The summed E-state index contributed by atoms with van der Waals surface area (Å²) in [6.45, 7) is 2.46. The fraction of sp³-hybridized carbons (Fsp3) is 0.176. The number of benzene rings is 2. The first-order valence-electron chi connectivity index (χ1n) is 7.18. The number of nitrogens with one attached hydrogen (secondary N) is 1. The molecule has 0 unspecified atom stereocenters. The summed E-state index contributed by atoms with van der Waals surface area (Å²) in [6.07, 6.45) is 1.34. The zero-order valence-electron chi connectivity index (χ0n) is 13.2. The third-order valence-corrected chi connectivity index (χ3v) is 3.70.